The van der Waals surface area contributed by atoms with Crippen LogP contribution in [0.4, 0.5) is 10.1 Å². The van der Waals surface area contributed by atoms with Crippen LogP contribution in [-0.2, 0) is 16.8 Å². The van der Waals surface area contributed by atoms with Gasteiger partial charge in [-0.05, 0) is 35.9 Å². The average Bonchev–Trinajstić information content (AvgIpc) is 3.72. The summed E-state index contributed by atoms with van der Waals surface area (Å²) in [4.78, 5) is 40.7. The van der Waals surface area contributed by atoms with Gasteiger partial charge in [0.1, 0.15) is 11.6 Å². The highest BCUT2D eigenvalue weighted by molar-refractivity contribution is 6.34. The van der Waals surface area contributed by atoms with Crippen LogP contribution in [0.2, 0.25) is 5.02 Å². The normalized spacial score (nSPS) is 10.6. The Morgan fingerprint density at radius 1 is 1.09 bits per heavy atom. The van der Waals surface area contributed by atoms with Crippen LogP contribution in [0.25, 0.3) is 33.7 Å². The van der Waals surface area contributed by atoms with Gasteiger partial charge in [-0.1, -0.05) is 76.2 Å². The van der Waals surface area contributed by atoms with Crippen molar-refractivity contribution < 1.29 is 18.5 Å². The molecule has 3 N–H and O–H groups in total. The zero-order chi connectivity index (χ0) is 33.3. The Kier molecular flexibility index (Phi) is 11.5. The second kappa shape index (κ2) is 15.0. The highest BCUT2D eigenvalue weighted by Crippen LogP contribution is 2.35. The van der Waals surface area contributed by atoms with E-state index in [1.54, 1.807) is 42.6 Å². The molecule has 0 radical (unpaired) electrons. The molecule has 45 heavy (non-hydrogen) atoms. The topological polar surface area (TPSA) is 139 Å². The summed E-state index contributed by atoms with van der Waals surface area (Å²) in [6, 6.07) is 11.6. The maximum Gasteiger partial charge on any atom is 0.315 e. The first kappa shape index (κ1) is 34.3. The minimum absolute atomic E-state index is 0.0773. The largest absolute Gasteiger partial charge is 0.344 e. The number of para-hydroxylation sites is 1. The predicted molar refractivity (Wildman–Crippen MR) is 175 cm³/mol. The van der Waals surface area contributed by atoms with Crippen LogP contribution >= 0.6 is 11.6 Å². The fraction of sp³-hybridized carbons (Fsp3) is 0.212. The molecule has 10 nitrogen and oxygen atoms in total. The number of nitrogens with one attached hydrogen (secondary N) is 3. The van der Waals surface area contributed by atoms with E-state index in [2.05, 4.69) is 55.5 Å². The molecular formula is C33H35ClFN7O3. The van der Waals surface area contributed by atoms with Gasteiger partial charge in [-0.15, -0.1) is 13.2 Å². The number of aromatic nitrogens is 5. The molecule has 0 aliphatic rings. The molecule has 0 aliphatic heterocycles. The number of anilines is 1. The first-order valence-electron chi connectivity index (χ1n) is 14.0. The summed E-state index contributed by atoms with van der Waals surface area (Å²) in [5, 5.41) is 9.48. The monoisotopic (exact) mass is 631 g/mol. The van der Waals surface area contributed by atoms with E-state index in [9.17, 15) is 9.59 Å². The lowest BCUT2D eigenvalue weighted by atomic mass is 9.96. The predicted octanol–water partition coefficient (Wildman–Crippen LogP) is 7.65. The van der Waals surface area contributed by atoms with Gasteiger partial charge < -0.3 is 20.1 Å². The van der Waals surface area contributed by atoms with E-state index < -0.39 is 17.6 Å². The molecule has 5 aromatic rings. The highest BCUT2D eigenvalue weighted by atomic mass is 35.5. The number of benzene rings is 2. The first-order chi connectivity index (χ1) is 21.5. The van der Waals surface area contributed by atoms with Crippen molar-refractivity contribution in [3.63, 3.8) is 0 Å². The molecular weight excluding hydrogens is 597 g/mol. The standard InChI is InChI=1S/C29H25ClFN7O3.C2H6.C2H4/c1-5-21(39)34-22-18(7-6-8-19(22)30)24-35-23-17(11-12-32-25(23)36-24)15-9-10-16(20(31)13-15)14-33-26(40)27-37-28(38-41-27)29(2,3)4;2*1-2/h5-13H,1,14H2,2-4H3,(H,33,40)(H,34,39)(H,32,35,36);1-2H3;1-2H2. The Morgan fingerprint density at radius 3 is 2.47 bits per heavy atom. The van der Waals surface area contributed by atoms with Crippen molar-refractivity contribution in [1.82, 2.24) is 30.4 Å². The zero-order valence-electron chi connectivity index (χ0n) is 25.8. The smallest absolute Gasteiger partial charge is 0.315 e. The number of rotatable bonds is 7. The molecule has 0 fully saturated rings. The molecule has 234 valence electrons. The maximum absolute atomic E-state index is 15.2. The number of carbonyl (C=O) groups is 2. The second-order valence-electron chi connectivity index (χ2n) is 10.2. The lowest BCUT2D eigenvalue weighted by Crippen LogP contribution is -2.24. The summed E-state index contributed by atoms with van der Waals surface area (Å²) < 4.78 is 20.2. The SMILES string of the molecule is C=C.C=CC(=O)Nc1c(Cl)cccc1-c1nc2nccc(-c3ccc(CNC(=O)c4nc(C(C)(C)C)no4)c(F)c3)c2[nH]1.CC. The molecule has 0 unspecified atom stereocenters. The van der Waals surface area contributed by atoms with Crippen molar-refractivity contribution >= 4 is 40.3 Å². The minimum atomic E-state index is -0.595. The van der Waals surface area contributed by atoms with Crippen molar-refractivity contribution in [2.75, 3.05) is 5.32 Å². The Labute approximate surface area is 265 Å². The number of imidazole rings is 1. The molecule has 0 spiro atoms. The molecule has 12 heteroatoms. The maximum atomic E-state index is 15.2. The van der Waals surface area contributed by atoms with E-state index >= 15 is 4.39 Å². The van der Waals surface area contributed by atoms with Gasteiger partial charge in [0.2, 0.25) is 5.91 Å². The number of hydrogen-bond donors (Lipinski definition) is 3. The van der Waals surface area contributed by atoms with Gasteiger partial charge in [-0.25, -0.2) is 14.4 Å². The molecule has 2 amide bonds. The number of carbonyl (C=O) groups excluding carboxylic acids is 2. The number of pyridine rings is 1. The second-order valence-corrected chi connectivity index (χ2v) is 10.6. The minimum Gasteiger partial charge on any atom is -0.344 e. The van der Waals surface area contributed by atoms with Crippen molar-refractivity contribution in [2.24, 2.45) is 0 Å². The van der Waals surface area contributed by atoms with Crippen LogP contribution in [0.15, 0.2) is 79.0 Å². The fourth-order valence-corrected chi connectivity index (χ4v) is 4.25. The quantitative estimate of drug-likeness (QED) is 0.124. The van der Waals surface area contributed by atoms with Gasteiger partial charge in [0.25, 0.3) is 0 Å². The number of H-pyrrole nitrogens is 1. The van der Waals surface area contributed by atoms with Gasteiger partial charge in [-0.2, -0.15) is 4.98 Å². The lowest BCUT2D eigenvalue weighted by molar-refractivity contribution is -0.111. The molecule has 0 atom stereocenters. The van der Waals surface area contributed by atoms with Crippen LogP contribution in [-0.4, -0.2) is 36.9 Å². The van der Waals surface area contributed by atoms with E-state index in [0.717, 1.165) is 6.08 Å². The molecule has 3 heterocycles. The zero-order valence-corrected chi connectivity index (χ0v) is 26.6. The van der Waals surface area contributed by atoms with Crippen molar-refractivity contribution in [3.05, 3.63) is 103 Å². The Balaban J connectivity index is 0.00000133. The molecule has 0 aliphatic carbocycles. The van der Waals surface area contributed by atoms with E-state index in [0.29, 0.717) is 50.2 Å². The van der Waals surface area contributed by atoms with Gasteiger partial charge >= 0.3 is 11.8 Å². The van der Waals surface area contributed by atoms with Gasteiger partial charge in [-0.3, -0.25) is 9.59 Å². The summed E-state index contributed by atoms with van der Waals surface area (Å²) in [5.74, 6) is -0.908. The Hall–Kier alpha value is -5.16. The Morgan fingerprint density at radius 2 is 1.82 bits per heavy atom. The van der Waals surface area contributed by atoms with E-state index in [-0.39, 0.29) is 23.4 Å². The number of fused-ring (bicyclic) bond motifs is 1. The number of halogens is 2. The number of amides is 2. The average molecular weight is 632 g/mol. The van der Waals surface area contributed by atoms with Crippen LogP contribution < -0.4 is 10.6 Å². The fourth-order valence-electron chi connectivity index (χ4n) is 4.03. The van der Waals surface area contributed by atoms with E-state index in [1.165, 1.54) is 6.07 Å². The third-order valence-corrected chi connectivity index (χ3v) is 6.50. The summed E-state index contributed by atoms with van der Waals surface area (Å²) in [6.45, 7) is 19.1. The lowest BCUT2D eigenvalue weighted by Gasteiger charge is -2.10. The highest BCUT2D eigenvalue weighted by Gasteiger charge is 2.24. The number of hydrogen-bond acceptors (Lipinski definition) is 7. The van der Waals surface area contributed by atoms with Crippen LogP contribution in [0.3, 0.4) is 0 Å². The van der Waals surface area contributed by atoms with Gasteiger partial charge in [0.15, 0.2) is 11.5 Å². The van der Waals surface area contributed by atoms with E-state index in [1.807, 2.05) is 34.6 Å². The molecule has 0 saturated carbocycles. The van der Waals surface area contributed by atoms with Crippen LogP contribution in [0.5, 0.6) is 0 Å². The molecule has 3 aromatic heterocycles. The van der Waals surface area contributed by atoms with Crippen molar-refractivity contribution in [2.45, 2.75) is 46.6 Å². The summed E-state index contributed by atoms with van der Waals surface area (Å²) in [6.07, 6.45) is 2.71. The molecule has 0 saturated heterocycles. The van der Waals surface area contributed by atoms with Crippen molar-refractivity contribution in [1.29, 1.82) is 0 Å². The van der Waals surface area contributed by atoms with Crippen molar-refractivity contribution in [3.8, 4) is 22.5 Å². The summed E-state index contributed by atoms with van der Waals surface area (Å²) in [5.41, 5.74) is 2.99. The molecule has 5 rings (SSSR count). The third-order valence-electron chi connectivity index (χ3n) is 6.19. The van der Waals surface area contributed by atoms with Gasteiger partial charge in [0, 0.05) is 34.8 Å². The summed E-state index contributed by atoms with van der Waals surface area (Å²) >= 11 is 6.35. The number of aromatic amines is 1. The molecule has 2 aromatic carbocycles. The number of nitrogens with zero attached hydrogens (tertiary/aromatic N) is 4. The van der Waals surface area contributed by atoms with E-state index in [4.69, 9.17) is 16.1 Å². The molecule has 0 bridgehead atoms. The van der Waals surface area contributed by atoms with Crippen LogP contribution in [0.1, 0.15) is 56.7 Å². The first-order valence-corrected chi connectivity index (χ1v) is 14.4. The van der Waals surface area contributed by atoms with Gasteiger partial charge in [0.05, 0.1) is 16.2 Å². The third kappa shape index (κ3) is 7.87. The summed E-state index contributed by atoms with van der Waals surface area (Å²) in [7, 11) is 0. The Bertz CT molecular complexity index is 1820. The van der Waals surface area contributed by atoms with Crippen LogP contribution in [0, 0.1) is 5.82 Å².